The fraction of sp³-hybridized carbons (Fsp3) is 0.583. The highest BCUT2D eigenvalue weighted by molar-refractivity contribution is 7.80. The van der Waals surface area contributed by atoms with Crippen LogP contribution in [0.5, 0.6) is 0 Å². The Morgan fingerprint density at radius 1 is 1.27 bits per heavy atom. The predicted octanol–water partition coefficient (Wildman–Crippen LogP) is 2.41. The van der Waals surface area contributed by atoms with Gasteiger partial charge >= 0.3 is 0 Å². The van der Waals surface area contributed by atoms with Crippen LogP contribution < -0.4 is 10.2 Å². The Morgan fingerprint density at radius 2 is 2.00 bits per heavy atom. The van der Waals surface area contributed by atoms with E-state index in [1.807, 2.05) is 23.6 Å². The van der Waals surface area contributed by atoms with Gasteiger partial charge in [-0.25, -0.2) is 12.8 Å². The fourth-order valence-electron chi connectivity index (χ4n) is 5.25. The van der Waals surface area contributed by atoms with Gasteiger partial charge in [0, 0.05) is 50.5 Å². The molecule has 13 heteroatoms. The first-order valence-electron chi connectivity index (χ1n) is 12.8. The van der Waals surface area contributed by atoms with Crippen LogP contribution in [0, 0.1) is 17.2 Å². The molecule has 198 valence electrons. The largest absolute Gasteiger partial charge is 0.390 e. The van der Waals surface area contributed by atoms with E-state index < -0.39 is 11.2 Å². The van der Waals surface area contributed by atoms with E-state index >= 15 is 0 Å². The number of anilines is 3. The van der Waals surface area contributed by atoms with Crippen molar-refractivity contribution in [3.63, 3.8) is 0 Å². The van der Waals surface area contributed by atoms with E-state index in [1.54, 1.807) is 6.07 Å². The molecule has 2 aliphatic rings. The maximum absolute atomic E-state index is 13.5. The number of nitrogens with one attached hydrogen (secondary N) is 3. The van der Waals surface area contributed by atoms with E-state index in [4.69, 9.17) is 15.2 Å². The van der Waals surface area contributed by atoms with Crippen molar-refractivity contribution < 1.29 is 9.32 Å². The van der Waals surface area contributed by atoms with Gasteiger partial charge in [-0.2, -0.15) is 20.3 Å². The molecule has 5 heterocycles. The Balaban J connectivity index is 1.37. The summed E-state index contributed by atoms with van der Waals surface area (Å²) in [6.45, 7) is 5.32. The summed E-state index contributed by atoms with van der Waals surface area (Å²) in [6, 6.07) is 6.42. The van der Waals surface area contributed by atoms with Gasteiger partial charge in [0.1, 0.15) is 11.5 Å². The van der Waals surface area contributed by atoms with Gasteiger partial charge in [-0.3, -0.25) is 5.10 Å². The highest BCUT2D eigenvalue weighted by Gasteiger charge is 2.43. The van der Waals surface area contributed by atoms with E-state index in [-0.39, 0.29) is 30.7 Å². The Kier molecular flexibility index (Phi) is 7.43. The molecule has 0 aromatic carbocycles. The summed E-state index contributed by atoms with van der Waals surface area (Å²) >= 11 is -1.23. The van der Waals surface area contributed by atoms with Crippen molar-refractivity contribution in [2.75, 3.05) is 30.4 Å². The summed E-state index contributed by atoms with van der Waals surface area (Å²) < 4.78 is 17.6. The number of nitrogens with zero attached hydrogens (tertiary/aromatic N) is 7. The van der Waals surface area contributed by atoms with Crippen LogP contribution in [0.1, 0.15) is 45.2 Å². The topological polar surface area (TPSA) is 153 Å². The molecule has 3 aromatic heterocycles. The molecule has 5 rings (SSSR count). The van der Waals surface area contributed by atoms with E-state index in [0.29, 0.717) is 36.4 Å². The Hall–Kier alpha value is -3.05. The highest BCUT2D eigenvalue weighted by atomic mass is 32.2. The number of aliphatic hydroxyl groups excluding tert-OH is 1. The lowest BCUT2D eigenvalue weighted by molar-refractivity contribution is 0.141. The van der Waals surface area contributed by atoms with Gasteiger partial charge in [-0.05, 0) is 31.7 Å². The average molecular weight is 527 g/mol. The predicted molar refractivity (Wildman–Crippen MR) is 142 cm³/mol. The summed E-state index contributed by atoms with van der Waals surface area (Å²) in [7, 11) is 2.02. The number of rotatable bonds is 9. The molecule has 0 saturated carbocycles. The van der Waals surface area contributed by atoms with E-state index in [2.05, 4.69) is 49.6 Å². The smallest absolute Gasteiger partial charge is 0.229 e. The van der Waals surface area contributed by atoms with Gasteiger partial charge in [0.15, 0.2) is 17.0 Å². The first kappa shape index (κ1) is 25.6. The molecule has 12 nitrogen and oxygen atoms in total. The SMILES string of the molecule is CCC1CC(N(C)c2nc(Nc3cc(CO)[nH]n3)c3cc[nH]c3n2)CC(CC)N1S(=O)N1CC(C#N)C1. The lowest BCUT2D eigenvalue weighted by Crippen LogP contribution is -2.60. The van der Waals surface area contributed by atoms with Crippen molar-refractivity contribution in [3.8, 4) is 6.07 Å². The maximum Gasteiger partial charge on any atom is 0.229 e. The Bertz CT molecular complexity index is 1280. The van der Waals surface area contributed by atoms with E-state index in [9.17, 15) is 9.32 Å². The zero-order valence-electron chi connectivity index (χ0n) is 21.4. The van der Waals surface area contributed by atoms with Gasteiger partial charge in [-0.1, -0.05) is 13.8 Å². The van der Waals surface area contributed by atoms with E-state index in [1.165, 1.54) is 0 Å². The Morgan fingerprint density at radius 3 is 2.62 bits per heavy atom. The number of hydrogen-bond acceptors (Lipinski definition) is 8. The van der Waals surface area contributed by atoms with Crippen LogP contribution in [0.4, 0.5) is 17.6 Å². The average Bonchev–Trinajstić information content (AvgIpc) is 3.56. The first-order chi connectivity index (χ1) is 17.9. The summed E-state index contributed by atoms with van der Waals surface area (Å²) in [4.78, 5) is 15.0. The summed E-state index contributed by atoms with van der Waals surface area (Å²) in [6.07, 6.45) is 5.30. The molecule has 0 radical (unpaired) electrons. The summed E-state index contributed by atoms with van der Waals surface area (Å²) in [5.41, 5.74) is 1.33. The molecule has 4 N–H and O–H groups in total. The third kappa shape index (κ3) is 4.94. The molecule has 0 spiro atoms. The summed E-state index contributed by atoms with van der Waals surface area (Å²) in [5, 5.41) is 29.6. The molecular weight excluding hydrogens is 492 g/mol. The number of aliphatic hydroxyl groups is 1. The molecule has 2 saturated heterocycles. The van der Waals surface area contributed by atoms with Crippen LogP contribution in [0.25, 0.3) is 11.0 Å². The number of nitriles is 1. The van der Waals surface area contributed by atoms with Gasteiger partial charge in [0.2, 0.25) is 5.95 Å². The Labute approximate surface area is 218 Å². The molecule has 0 amide bonds. The van der Waals surface area contributed by atoms with Gasteiger partial charge < -0.3 is 20.3 Å². The minimum atomic E-state index is -1.23. The molecule has 3 unspecified atom stereocenters. The third-order valence-electron chi connectivity index (χ3n) is 7.50. The van der Waals surface area contributed by atoms with Gasteiger partial charge in [-0.15, -0.1) is 0 Å². The molecule has 2 aliphatic heterocycles. The number of piperidine rings is 1. The summed E-state index contributed by atoms with van der Waals surface area (Å²) in [5.74, 6) is 1.77. The number of fused-ring (bicyclic) bond motifs is 1. The molecular formula is C24H34N10O2S. The lowest BCUT2D eigenvalue weighted by atomic mass is 9.90. The first-order valence-corrected chi connectivity index (χ1v) is 13.9. The second-order valence-electron chi connectivity index (χ2n) is 9.80. The highest BCUT2D eigenvalue weighted by Crippen LogP contribution is 2.35. The molecule has 0 bridgehead atoms. The third-order valence-corrected chi connectivity index (χ3v) is 9.19. The lowest BCUT2D eigenvalue weighted by Gasteiger charge is -2.48. The molecule has 0 aliphatic carbocycles. The minimum Gasteiger partial charge on any atom is -0.390 e. The van der Waals surface area contributed by atoms with Crippen LogP contribution >= 0.6 is 0 Å². The van der Waals surface area contributed by atoms with Crippen LogP contribution in [-0.4, -0.2) is 81.3 Å². The standard InChI is InChI=1S/C24H34N10O2S/c1-4-17-9-19(10-18(5-2)34(17)37(36)33-12-15(11-25)13-33)32(3)24-28-22-20(6-7-26-22)23(29-24)27-21-8-16(14-35)30-31-21/h6-8,15,17-19,35H,4-5,9-10,12-14H2,1-3H3,(H3,26,27,28,29,30,31). The maximum atomic E-state index is 13.5. The van der Waals surface area contributed by atoms with Crippen molar-refractivity contribution in [1.82, 2.24) is 33.8 Å². The zero-order valence-corrected chi connectivity index (χ0v) is 22.2. The normalized spacial score (nSPS) is 24.0. The van der Waals surface area contributed by atoms with Crippen molar-refractivity contribution in [2.24, 2.45) is 5.92 Å². The number of hydrogen-bond donors (Lipinski definition) is 4. The van der Waals surface area contributed by atoms with E-state index in [0.717, 1.165) is 36.7 Å². The van der Waals surface area contributed by atoms with Crippen molar-refractivity contribution >= 4 is 39.8 Å². The minimum absolute atomic E-state index is 0.0210. The van der Waals surface area contributed by atoms with Crippen molar-refractivity contribution in [2.45, 2.75) is 64.3 Å². The monoisotopic (exact) mass is 526 g/mol. The number of H-pyrrole nitrogens is 2. The second-order valence-corrected chi connectivity index (χ2v) is 11.2. The molecule has 3 aromatic rings. The van der Waals surface area contributed by atoms with Crippen LogP contribution in [-0.2, 0) is 17.8 Å². The molecule has 3 atom stereocenters. The number of aromatic nitrogens is 5. The van der Waals surface area contributed by atoms with Crippen LogP contribution in [0.15, 0.2) is 18.3 Å². The van der Waals surface area contributed by atoms with Gasteiger partial charge in [0.05, 0.1) is 29.7 Å². The van der Waals surface area contributed by atoms with Crippen LogP contribution in [0.3, 0.4) is 0 Å². The van der Waals surface area contributed by atoms with Crippen molar-refractivity contribution in [3.05, 3.63) is 24.0 Å². The number of aromatic amines is 2. The fourth-order valence-corrected chi connectivity index (χ4v) is 7.11. The molecule has 2 fully saturated rings. The second kappa shape index (κ2) is 10.7. The zero-order chi connectivity index (χ0) is 26.1. The van der Waals surface area contributed by atoms with Crippen LogP contribution in [0.2, 0.25) is 0 Å². The quantitative estimate of drug-likeness (QED) is 0.332. The molecule has 37 heavy (non-hydrogen) atoms. The van der Waals surface area contributed by atoms with Crippen molar-refractivity contribution in [1.29, 1.82) is 5.26 Å². The van der Waals surface area contributed by atoms with Gasteiger partial charge in [0.25, 0.3) is 0 Å².